The Morgan fingerprint density at radius 3 is 2.50 bits per heavy atom. The van der Waals surface area contributed by atoms with Crippen LogP contribution in [-0.4, -0.2) is 6.04 Å². The Labute approximate surface area is 119 Å². The van der Waals surface area contributed by atoms with Gasteiger partial charge in [0.1, 0.15) is 0 Å². The highest BCUT2D eigenvalue weighted by Crippen LogP contribution is 2.41. The van der Waals surface area contributed by atoms with Crippen molar-refractivity contribution in [3.05, 3.63) is 34.3 Å². The first-order valence-electron chi connectivity index (χ1n) is 6.89. The van der Waals surface area contributed by atoms with Crippen molar-refractivity contribution in [3.63, 3.8) is 0 Å². The van der Waals surface area contributed by atoms with Crippen LogP contribution in [0.15, 0.2) is 28.7 Å². The molecule has 0 saturated heterocycles. The molecule has 0 aliphatic heterocycles. The third-order valence-electron chi connectivity index (χ3n) is 4.17. The second kappa shape index (κ2) is 5.34. The fourth-order valence-electron chi connectivity index (χ4n) is 3.35. The van der Waals surface area contributed by atoms with Crippen LogP contribution in [0.1, 0.15) is 52.1 Å². The lowest BCUT2D eigenvalue weighted by molar-refractivity contribution is 0.356. The summed E-state index contributed by atoms with van der Waals surface area (Å²) < 4.78 is 1.20. The summed E-state index contributed by atoms with van der Waals surface area (Å²) in [4.78, 5) is 0. The van der Waals surface area contributed by atoms with E-state index in [9.17, 15) is 0 Å². The molecular weight excluding hydrogens is 286 g/mol. The SMILES string of the molecule is CC1CC(C)(C)CC1N[C@@H](C)c1ccccc1Br. The van der Waals surface area contributed by atoms with Crippen LogP contribution in [0.4, 0.5) is 0 Å². The summed E-state index contributed by atoms with van der Waals surface area (Å²) >= 11 is 3.64. The summed E-state index contributed by atoms with van der Waals surface area (Å²) in [5.41, 5.74) is 1.85. The highest BCUT2D eigenvalue weighted by molar-refractivity contribution is 9.10. The van der Waals surface area contributed by atoms with E-state index >= 15 is 0 Å². The molecule has 1 aromatic carbocycles. The molecule has 0 radical (unpaired) electrons. The highest BCUT2D eigenvalue weighted by Gasteiger charge is 2.37. The van der Waals surface area contributed by atoms with Crippen molar-refractivity contribution in [2.24, 2.45) is 11.3 Å². The Balaban J connectivity index is 2.04. The molecule has 2 rings (SSSR count). The minimum atomic E-state index is 0.405. The molecule has 100 valence electrons. The van der Waals surface area contributed by atoms with E-state index in [0.717, 1.165) is 5.92 Å². The number of nitrogens with one attached hydrogen (secondary N) is 1. The summed E-state index contributed by atoms with van der Waals surface area (Å²) in [6, 6.07) is 9.55. The van der Waals surface area contributed by atoms with Gasteiger partial charge in [0.2, 0.25) is 0 Å². The molecule has 1 fully saturated rings. The van der Waals surface area contributed by atoms with Crippen molar-refractivity contribution < 1.29 is 0 Å². The van der Waals surface area contributed by atoms with E-state index in [1.54, 1.807) is 0 Å². The second-order valence-electron chi connectivity index (χ2n) is 6.57. The third kappa shape index (κ3) is 3.16. The molecule has 0 aromatic heterocycles. The van der Waals surface area contributed by atoms with Gasteiger partial charge in [-0.15, -0.1) is 0 Å². The molecule has 0 amide bonds. The Kier molecular flexibility index (Phi) is 4.18. The van der Waals surface area contributed by atoms with Crippen LogP contribution < -0.4 is 5.32 Å². The maximum atomic E-state index is 3.81. The van der Waals surface area contributed by atoms with Crippen LogP contribution in [0.2, 0.25) is 0 Å². The average Bonchev–Trinajstić information content (AvgIpc) is 2.52. The molecule has 0 spiro atoms. The zero-order chi connectivity index (χ0) is 13.3. The number of halogens is 1. The fraction of sp³-hybridized carbons (Fsp3) is 0.625. The summed E-state index contributed by atoms with van der Waals surface area (Å²) in [7, 11) is 0. The normalized spacial score (nSPS) is 28.3. The first-order valence-corrected chi connectivity index (χ1v) is 7.69. The highest BCUT2D eigenvalue weighted by atomic mass is 79.9. The summed E-state index contributed by atoms with van der Waals surface area (Å²) in [5.74, 6) is 0.768. The molecule has 3 atom stereocenters. The maximum absolute atomic E-state index is 3.81. The molecule has 1 aliphatic carbocycles. The molecule has 1 aliphatic rings. The zero-order valence-corrected chi connectivity index (χ0v) is 13.4. The van der Waals surface area contributed by atoms with E-state index in [4.69, 9.17) is 0 Å². The van der Waals surface area contributed by atoms with E-state index in [1.807, 2.05) is 0 Å². The summed E-state index contributed by atoms with van der Waals surface area (Å²) in [5, 5.41) is 3.81. The first-order chi connectivity index (χ1) is 8.39. The molecular formula is C16H24BrN. The largest absolute Gasteiger partial charge is 0.307 e. The molecule has 1 N–H and O–H groups in total. The minimum absolute atomic E-state index is 0.405. The van der Waals surface area contributed by atoms with E-state index in [2.05, 4.69) is 73.2 Å². The molecule has 0 heterocycles. The van der Waals surface area contributed by atoms with E-state index < -0.39 is 0 Å². The lowest BCUT2D eigenvalue weighted by Gasteiger charge is -2.24. The van der Waals surface area contributed by atoms with Gasteiger partial charge in [0.25, 0.3) is 0 Å². The Bertz CT molecular complexity index is 413. The molecule has 2 heteroatoms. The number of hydrogen-bond acceptors (Lipinski definition) is 1. The smallest absolute Gasteiger partial charge is 0.0305 e. The van der Waals surface area contributed by atoms with Crippen molar-refractivity contribution in [1.82, 2.24) is 5.32 Å². The van der Waals surface area contributed by atoms with Crippen LogP contribution in [0.3, 0.4) is 0 Å². The lowest BCUT2D eigenvalue weighted by Crippen LogP contribution is -2.33. The second-order valence-corrected chi connectivity index (χ2v) is 7.42. The number of hydrogen-bond donors (Lipinski definition) is 1. The average molecular weight is 310 g/mol. The van der Waals surface area contributed by atoms with Crippen LogP contribution in [0.25, 0.3) is 0 Å². The fourth-order valence-corrected chi connectivity index (χ4v) is 3.98. The summed E-state index contributed by atoms with van der Waals surface area (Å²) in [6.45, 7) is 9.40. The van der Waals surface area contributed by atoms with Gasteiger partial charge in [-0.05, 0) is 42.7 Å². The third-order valence-corrected chi connectivity index (χ3v) is 4.89. The van der Waals surface area contributed by atoms with Gasteiger partial charge in [-0.3, -0.25) is 0 Å². The van der Waals surface area contributed by atoms with Crippen molar-refractivity contribution in [3.8, 4) is 0 Å². The van der Waals surface area contributed by atoms with Gasteiger partial charge in [0.15, 0.2) is 0 Å². The molecule has 1 aromatic rings. The Hall–Kier alpha value is -0.340. The molecule has 1 saturated carbocycles. The van der Waals surface area contributed by atoms with Gasteiger partial charge in [0, 0.05) is 16.6 Å². The zero-order valence-electron chi connectivity index (χ0n) is 11.8. The van der Waals surface area contributed by atoms with Crippen LogP contribution in [0.5, 0.6) is 0 Å². The van der Waals surface area contributed by atoms with Crippen LogP contribution in [-0.2, 0) is 0 Å². The van der Waals surface area contributed by atoms with Crippen molar-refractivity contribution in [2.75, 3.05) is 0 Å². The Morgan fingerprint density at radius 1 is 1.28 bits per heavy atom. The quantitative estimate of drug-likeness (QED) is 0.835. The van der Waals surface area contributed by atoms with Crippen LogP contribution >= 0.6 is 15.9 Å². The monoisotopic (exact) mass is 309 g/mol. The minimum Gasteiger partial charge on any atom is -0.307 e. The van der Waals surface area contributed by atoms with Crippen molar-refractivity contribution in [1.29, 1.82) is 0 Å². The standard InChI is InChI=1S/C16H24BrN/c1-11-9-16(3,4)10-15(11)18-12(2)13-7-5-6-8-14(13)17/h5-8,11-12,15,18H,9-10H2,1-4H3/t11?,12-,15?/m0/s1. The van der Waals surface area contributed by atoms with Crippen LogP contribution in [0, 0.1) is 11.3 Å². The van der Waals surface area contributed by atoms with Crippen molar-refractivity contribution in [2.45, 2.75) is 52.6 Å². The van der Waals surface area contributed by atoms with Gasteiger partial charge in [-0.1, -0.05) is 54.9 Å². The van der Waals surface area contributed by atoms with Gasteiger partial charge in [0.05, 0.1) is 0 Å². The van der Waals surface area contributed by atoms with E-state index in [1.165, 1.54) is 22.9 Å². The van der Waals surface area contributed by atoms with Crippen molar-refractivity contribution >= 4 is 15.9 Å². The Morgan fingerprint density at radius 2 is 1.94 bits per heavy atom. The molecule has 18 heavy (non-hydrogen) atoms. The predicted molar refractivity (Wildman–Crippen MR) is 81.7 cm³/mol. The van der Waals surface area contributed by atoms with E-state index in [-0.39, 0.29) is 0 Å². The first kappa shape index (κ1) is 14.1. The maximum Gasteiger partial charge on any atom is 0.0305 e. The van der Waals surface area contributed by atoms with E-state index in [0.29, 0.717) is 17.5 Å². The topological polar surface area (TPSA) is 12.0 Å². The molecule has 1 nitrogen and oxygen atoms in total. The van der Waals surface area contributed by atoms with Gasteiger partial charge < -0.3 is 5.32 Å². The van der Waals surface area contributed by atoms with Gasteiger partial charge in [-0.2, -0.15) is 0 Å². The molecule has 0 bridgehead atoms. The van der Waals surface area contributed by atoms with Gasteiger partial charge in [-0.25, -0.2) is 0 Å². The molecule has 2 unspecified atom stereocenters. The predicted octanol–water partition coefficient (Wildman–Crippen LogP) is 4.92. The lowest BCUT2D eigenvalue weighted by atomic mass is 9.91. The summed E-state index contributed by atoms with van der Waals surface area (Å²) in [6.07, 6.45) is 2.61. The number of rotatable bonds is 3. The number of benzene rings is 1. The van der Waals surface area contributed by atoms with Gasteiger partial charge >= 0.3 is 0 Å².